The molecule has 45 heavy (non-hydrogen) atoms. The van der Waals surface area contributed by atoms with Gasteiger partial charge in [0.25, 0.3) is 11.8 Å². The number of nitrogens with one attached hydrogen (secondary N) is 2. The second kappa shape index (κ2) is 14.5. The van der Waals surface area contributed by atoms with Crippen molar-refractivity contribution < 1.29 is 23.5 Å². The van der Waals surface area contributed by atoms with Gasteiger partial charge in [-0.25, -0.2) is 9.37 Å². The van der Waals surface area contributed by atoms with Crippen LogP contribution in [0.5, 0.6) is 5.75 Å². The molecular weight excluding hydrogens is 577 g/mol. The molecule has 2 atom stereocenters. The molecule has 1 aliphatic heterocycles. The fourth-order valence-electron chi connectivity index (χ4n) is 5.20. The number of ether oxygens (including phenoxy) is 1. The normalized spacial score (nSPS) is 15.5. The minimum absolute atomic E-state index is 0.0776. The molecular formula is C33H36FN7O4. The Morgan fingerprint density at radius 1 is 1.13 bits per heavy atom. The van der Waals surface area contributed by atoms with Gasteiger partial charge in [-0.05, 0) is 75.2 Å². The quantitative estimate of drug-likeness (QED) is 0.328. The SMILES string of the molecule is C=CC(=O)N1CCN(C[C@H](Oc2cc(C)c(C(=O)Nc3ncc(C#N)cc3C)cc2C(=O)NCC)c2ccc(F)cn2)C[C@H]1C. The lowest BCUT2D eigenvalue weighted by Crippen LogP contribution is -2.54. The number of carbonyl (C=O) groups excluding carboxylic acids is 3. The van der Waals surface area contributed by atoms with Crippen LogP contribution < -0.4 is 15.4 Å². The zero-order chi connectivity index (χ0) is 32.7. The average molecular weight is 614 g/mol. The first-order chi connectivity index (χ1) is 21.5. The molecule has 3 aromatic rings. The van der Waals surface area contributed by atoms with Crippen LogP contribution in [0.3, 0.4) is 0 Å². The van der Waals surface area contributed by atoms with Crippen molar-refractivity contribution >= 4 is 23.5 Å². The summed E-state index contributed by atoms with van der Waals surface area (Å²) in [5.41, 5.74) is 2.35. The molecule has 234 valence electrons. The molecule has 4 rings (SSSR count). The zero-order valence-electron chi connectivity index (χ0n) is 25.8. The summed E-state index contributed by atoms with van der Waals surface area (Å²) in [4.78, 5) is 51.2. The molecule has 0 spiro atoms. The highest BCUT2D eigenvalue weighted by atomic mass is 19.1. The van der Waals surface area contributed by atoms with Crippen LogP contribution in [0.2, 0.25) is 0 Å². The number of aryl methyl sites for hydroxylation is 2. The number of amides is 3. The summed E-state index contributed by atoms with van der Waals surface area (Å²) < 4.78 is 20.3. The van der Waals surface area contributed by atoms with Gasteiger partial charge in [0.1, 0.15) is 23.5 Å². The minimum Gasteiger partial charge on any atom is -0.482 e. The monoisotopic (exact) mass is 613 g/mol. The van der Waals surface area contributed by atoms with Crippen molar-refractivity contribution in [3.8, 4) is 11.8 Å². The maximum absolute atomic E-state index is 13.8. The number of rotatable bonds is 10. The fourth-order valence-corrected chi connectivity index (χ4v) is 5.20. The third-order valence-corrected chi connectivity index (χ3v) is 7.54. The van der Waals surface area contributed by atoms with Gasteiger partial charge in [0.2, 0.25) is 5.91 Å². The van der Waals surface area contributed by atoms with Crippen molar-refractivity contribution in [2.45, 2.75) is 39.8 Å². The lowest BCUT2D eigenvalue weighted by Gasteiger charge is -2.40. The van der Waals surface area contributed by atoms with Crippen molar-refractivity contribution in [3.63, 3.8) is 0 Å². The largest absolute Gasteiger partial charge is 0.482 e. The second-order valence-electron chi connectivity index (χ2n) is 10.8. The number of aromatic nitrogens is 2. The summed E-state index contributed by atoms with van der Waals surface area (Å²) in [6.45, 7) is 13.1. The van der Waals surface area contributed by atoms with Gasteiger partial charge in [-0.15, -0.1) is 0 Å². The van der Waals surface area contributed by atoms with Crippen LogP contribution in [0, 0.1) is 31.0 Å². The molecule has 3 heterocycles. The first kappa shape index (κ1) is 32.8. The number of anilines is 1. The summed E-state index contributed by atoms with van der Waals surface area (Å²) in [5.74, 6) is -1.03. The van der Waals surface area contributed by atoms with Crippen molar-refractivity contribution in [3.05, 3.63) is 94.7 Å². The van der Waals surface area contributed by atoms with E-state index in [2.05, 4.69) is 32.1 Å². The van der Waals surface area contributed by atoms with Crippen LogP contribution >= 0.6 is 0 Å². The predicted molar refractivity (Wildman–Crippen MR) is 166 cm³/mol. The van der Waals surface area contributed by atoms with Crippen LogP contribution in [0.15, 0.2) is 55.4 Å². The van der Waals surface area contributed by atoms with E-state index in [-0.39, 0.29) is 28.8 Å². The van der Waals surface area contributed by atoms with E-state index in [1.54, 1.807) is 37.8 Å². The van der Waals surface area contributed by atoms with E-state index in [9.17, 15) is 18.8 Å². The Balaban J connectivity index is 1.66. The highest BCUT2D eigenvalue weighted by molar-refractivity contribution is 6.07. The van der Waals surface area contributed by atoms with Gasteiger partial charge >= 0.3 is 0 Å². The number of nitriles is 1. The van der Waals surface area contributed by atoms with E-state index >= 15 is 0 Å². The molecule has 1 fully saturated rings. The van der Waals surface area contributed by atoms with E-state index in [1.165, 1.54) is 30.5 Å². The van der Waals surface area contributed by atoms with Crippen molar-refractivity contribution in [2.24, 2.45) is 0 Å². The van der Waals surface area contributed by atoms with Crippen molar-refractivity contribution in [2.75, 3.05) is 38.0 Å². The smallest absolute Gasteiger partial charge is 0.257 e. The predicted octanol–water partition coefficient (Wildman–Crippen LogP) is 3.95. The van der Waals surface area contributed by atoms with Gasteiger partial charge in [0, 0.05) is 50.5 Å². The topological polar surface area (TPSA) is 141 Å². The number of hydrogen-bond acceptors (Lipinski definition) is 8. The maximum atomic E-state index is 13.8. The maximum Gasteiger partial charge on any atom is 0.257 e. The van der Waals surface area contributed by atoms with Gasteiger partial charge in [-0.2, -0.15) is 5.26 Å². The third kappa shape index (κ3) is 7.87. The molecule has 0 bridgehead atoms. The molecule has 2 aromatic heterocycles. The number of benzene rings is 1. The van der Waals surface area contributed by atoms with Gasteiger partial charge in [-0.1, -0.05) is 6.58 Å². The first-order valence-electron chi connectivity index (χ1n) is 14.6. The van der Waals surface area contributed by atoms with E-state index in [4.69, 9.17) is 10.00 Å². The Kier molecular flexibility index (Phi) is 10.6. The summed E-state index contributed by atoms with van der Waals surface area (Å²) in [5, 5.41) is 14.7. The molecule has 1 saturated heterocycles. The van der Waals surface area contributed by atoms with E-state index in [0.717, 1.165) is 6.20 Å². The Morgan fingerprint density at radius 2 is 1.91 bits per heavy atom. The molecule has 1 aromatic carbocycles. The third-order valence-electron chi connectivity index (χ3n) is 7.54. The molecule has 0 aliphatic carbocycles. The molecule has 11 nitrogen and oxygen atoms in total. The number of nitrogens with zero attached hydrogens (tertiary/aromatic N) is 5. The van der Waals surface area contributed by atoms with Gasteiger partial charge in [0.05, 0.1) is 23.0 Å². The minimum atomic E-state index is -0.711. The molecule has 0 unspecified atom stereocenters. The summed E-state index contributed by atoms with van der Waals surface area (Å²) >= 11 is 0. The summed E-state index contributed by atoms with van der Waals surface area (Å²) in [6.07, 6.45) is 3.07. The molecule has 0 saturated carbocycles. The molecule has 1 aliphatic rings. The average Bonchev–Trinajstić information content (AvgIpc) is 3.02. The highest BCUT2D eigenvalue weighted by Crippen LogP contribution is 2.30. The molecule has 3 amide bonds. The standard InChI is InChI=1S/C33H36FN7O4/c1-6-30(42)41-11-10-40(18-22(41)5)19-29(27-9-8-24(34)17-37-27)45-28-13-20(3)25(14-26(28)32(43)36-7-2)33(44)39-31-21(4)12-23(15-35)16-38-31/h6,8-9,12-14,16-17,22,29H,1,7,10-11,18-19H2,2-5H3,(H,36,43)(H,38,39,44)/t22-,29+/m1/s1. The lowest BCUT2D eigenvalue weighted by molar-refractivity contribution is -0.130. The van der Waals surface area contributed by atoms with Gasteiger partial charge in [-0.3, -0.25) is 24.3 Å². The van der Waals surface area contributed by atoms with Gasteiger partial charge < -0.3 is 20.3 Å². The number of halogens is 1. The van der Waals surface area contributed by atoms with Crippen LogP contribution in [-0.4, -0.2) is 76.3 Å². The number of hydrogen-bond donors (Lipinski definition) is 2. The summed E-state index contributed by atoms with van der Waals surface area (Å²) in [7, 11) is 0. The van der Waals surface area contributed by atoms with E-state index in [0.29, 0.717) is 60.9 Å². The molecule has 0 radical (unpaired) electrons. The van der Waals surface area contributed by atoms with Crippen LogP contribution in [0.4, 0.5) is 10.2 Å². The van der Waals surface area contributed by atoms with Crippen molar-refractivity contribution in [1.29, 1.82) is 5.26 Å². The number of piperazine rings is 1. The van der Waals surface area contributed by atoms with E-state index < -0.39 is 23.7 Å². The van der Waals surface area contributed by atoms with Crippen molar-refractivity contribution in [1.82, 2.24) is 25.1 Å². The number of pyridine rings is 2. The molecule has 12 heteroatoms. The Morgan fingerprint density at radius 3 is 2.53 bits per heavy atom. The first-order valence-corrected chi connectivity index (χ1v) is 14.6. The second-order valence-corrected chi connectivity index (χ2v) is 10.8. The van der Waals surface area contributed by atoms with Gasteiger partial charge in [0.15, 0.2) is 6.10 Å². The van der Waals surface area contributed by atoms with Crippen LogP contribution in [0.1, 0.15) is 63.1 Å². The van der Waals surface area contributed by atoms with E-state index in [1.807, 2.05) is 13.0 Å². The number of carbonyl (C=O) groups is 3. The Labute approximate surface area is 261 Å². The lowest BCUT2D eigenvalue weighted by atomic mass is 10.0. The van der Waals surface area contributed by atoms with Crippen LogP contribution in [0.25, 0.3) is 0 Å². The molecule has 2 N–H and O–H groups in total. The zero-order valence-corrected chi connectivity index (χ0v) is 25.8. The van der Waals surface area contributed by atoms with Crippen LogP contribution in [-0.2, 0) is 4.79 Å². The fraction of sp³-hybridized carbons (Fsp3) is 0.333. The Bertz CT molecular complexity index is 1640. The Hall–Kier alpha value is -5.15. The highest BCUT2D eigenvalue weighted by Gasteiger charge is 2.30. The summed E-state index contributed by atoms with van der Waals surface area (Å²) in [6, 6.07) is 9.49.